The Balaban J connectivity index is 1.82. The first-order valence-corrected chi connectivity index (χ1v) is 6.60. The Hall–Kier alpha value is -2.25. The van der Waals surface area contributed by atoms with E-state index >= 15 is 0 Å². The van der Waals surface area contributed by atoms with Crippen LogP contribution in [-0.4, -0.2) is 32.0 Å². The molecule has 1 N–H and O–H groups in total. The summed E-state index contributed by atoms with van der Waals surface area (Å²) in [5, 5.41) is 10.3. The number of amides is 1. The lowest BCUT2D eigenvalue weighted by molar-refractivity contribution is 0.0509. The number of carbonyl (C=O) groups excluding carboxylic acids is 1. The van der Waals surface area contributed by atoms with E-state index in [9.17, 15) is 13.6 Å². The highest BCUT2D eigenvalue weighted by molar-refractivity contribution is 5.92. The molecule has 0 atom stereocenters. The van der Waals surface area contributed by atoms with Crippen LogP contribution in [0, 0.1) is 13.8 Å². The van der Waals surface area contributed by atoms with Crippen LogP contribution in [0.4, 0.5) is 8.78 Å². The predicted molar refractivity (Wildman–Crippen MR) is 72.1 cm³/mol. The second-order valence-corrected chi connectivity index (χ2v) is 4.70. The molecule has 0 bridgehead atoms. The summed E-state index contributed by atoms with van der Waals surface area (Å²) in [5.74, 6) is -0.554. The van der Waals surface area contributed by atoms with Crippen molar-refractivity contribution in [2.45, 2.75) is 33.4 Å². The Morgan fingerprint density at radius 1 is 1.43 bits per heavy atom. The Morgan fingerprint density at radius 3 is 2.81 bits per heavy atom. The van der Waals surface area contributed by atoms with Gasteiger partial charge in [0, 0.05) is 25.0 Å². The first-order valence-electron chi connectivity index (χ1n) is 6.60. The van der Waals surface area contributed by atoms with Crippen molar-refractivity contribution >= 4 is 5.91 Å². The molecule has 0 saturated heterocycles. The fraction of sp³-hybridized carbons (Fsp3) is 0.462. The summed E-state index contributed by atoms with van der Waals surface area (Å²) in [6.07, 6.45) is 1.84. The highest BCUT2D eigenvalue weighted by Gasteiger charge is 2.17. The second kappa shape index (κ2) is 6.47. The molecule has 2 aromatic rings. The molecule has 0 aliphatic rings. The Labute approximate surface area is 120 Å². The van der Waals surface area contributed by atoms with Crippen LogP contribution in [0.15, 0.2) is 18.3 Å². The average Bonchev–Trinajstić information content (AvgIpc) is 3.01. The monoisotopic (exact) mass is 297 g/mol. The number of carbonyl (C=O) groups is 1. The maximum Gasteiger partial charge on any atom is 0.333 e. The van der Waals surface area contributed by atoms with Crippen molar-refractivity contribution < 1.29 is 13.6 Å². The molecule has 0 aromatic carbocycles. The summed E-state index contributed by atoms with van der Waals surface area (Å²) in [5.41, 5.74) is 1.85. The summed E-state index contributed by atoms with van der Waals surface area (Å²) < 4.78 is 27.4. The molecule has 0 saturated carbocycles. The summed E-state index contributed by atoms with van der Waals surface area (Å²) in [6.45, 7) is 2.09. The Kier molecular flexibility index (Phi) is 4.66. The summed E-state index contributed by atoms with van der Waals surface area (Å²) in [4.78, 5) is 11.8. The number of aryl methyl sites for hydroxylation is 3. The summed E-state index contributed by atoms with van der Waals surface area (Å²) >= 11 is 0. The zero-order valence-corrected chi connectivity index (χ0v) is 11.9. The zero-order chi connectivity index (χ0) is 15.4. The van der Waals surface area contributed by atoms with E-state index in [-0.39, 0.29) is 5.69 Å². The van der Waals surface area contributed by atoms with Crippen LogP contribution in [-0.2, 0) is 6.54 Å². The lowest BCUT2D eigenvalue weighted by atomic mass is 10.3. The first kappa shape index (κ1) is 15.1. The second-order valence-electron chi connectivity index (χ2n) is 4.70. The van der Waals surface area contributed by atoms with E-state index in [1.165, 1.54) is 12.3 Å². The van der Waals surface area contributed by atoms with Gasteiger partial charge in [0.1, 0.15) is 5.69 Å². The lowest BCUT2D eigenvalue weighted by Gasteiger charge is -2.08. The molecule has 2 rings (SSSR count). The minimum Gasteiger partial charge on any atom is -0.351 e. The average molecular weight is 297 g/mol. The van der Waals surface area contributed by atoms with Crippen LogP contribution in [0.1, 0.15) is 34.8 Å². The molecule has 114 valence electrons. The van der Waals surface area contributed by atoms with Gasteiger partial charge in [0.25, 0.3) is 5.91 Å². The molecule has 2 aromatic heterocycles. The van der Waals surface area contributed by atoms with Gasteiger partial charge in [0.15, 0.2) is 0 Å². The predicted octanol–water partition coefficient (Wildman–Crippen LogP) is 1.91. The number of halogens is 2. The molecule has 0 aliphatic heterocycles. The number of rotatable bonds is 6. The van der Waals surface area contributed by atoms with Crippen LogP contribution in [0.2, 0.25) is 0 Å². The molecule has 0 aliphatic carbocycles. The Bertz CT molecular complexity index is 620. The van der Waals surface area contributed by atoms with Gasteiger partial charge < -0.3 is 5.32 Å². The smallest absolute Gasteiger partial charge is 0.333 e. The first-order chi connectivity index (χ1) is 9.99. The van der Waals surface area contributed by atoms with Crippen molar-refractivity contribution in [1.29, 1.82) is 0 Å². The van der Waals surface area contributed by atoms with E-state index in [0.29, 0.717) is 24.2 Å². The molecule has 2 heterocycles. The number of alkyl halides is 2. The van der Waals surface area contributed by atoms with Crippen molar-refractivity contribution in [3.05, 3.63) is 35.4 Å². The molecule has 0 fully saturated rings. The van der Waals surface area contributed by atoms with Crippen LogP contribution in [0.5, 0.6) is 0 Å². The molecule has 0 radical (unpaired) electrons. The van der Waals surface area contributed by atoms with Crippen molar-refractivity contribution in [1.82, 2.24) is 24.9 Å². The van der Waals surface area contributed by atoms with Gasteiger partial charge in [-0.25, -0.2) is 0 Å². The van der Waals surface area contributed by atoms with Crippen molar-refractivity contribution in [2.24, 2.45) is 0 Å². The SMILES string of the molecule is Cc1cc(C)n(CCCNC(=O)c2ccnn2C(F)F)n1. The standard InChI is InChI=1S/C13H17F2N5O/c1-9-8-10(2)19(18-9)7-3-5-16-12(21)11-4-6-17-20(11)13(14)15/h4,6,8,13H,3,5,7H2,1-2H3,(H,16,21). The molecule has 21 heavy (non-hydrogen) atoms. The third-order valence-corrected chi connectivity index (χ3v) is 3.02. The van der Waals surface area contributed by atoms with E-state index < -0.39 is 12.5 Å². The van der Waals surface area contributed by atoms with Crippen molar-refractivity contribution in [3.63, 3.8) is 0 Å². The van der Waals surface area contributed by atoms with Gasteiger partial charge in [0.05, 0.1) is 5.69 Å². The minimum absolute atomic E-state index is 0.142. The van der Waals surface area contributed by atoms with Crippen LogP contribution in [0.25, 0.3) is 0 Å². The quantitative estimate of drug-likeness (QED) is 0.828. The molecule has 0 unspecified atom stereocenters. The van der Waals surface area contributed by atoms with Crippen LogP contribution >= 0.6 is 0 Å². The van der Waals surface area contributed by atoms with E-state index in [4.69, 9.17) is 0 Å². The molecule has 6 nitrogen and oxygen atoms in total. The lowest BCUT2D eigenvalue weighted by Crippen LogP contribution is -2.28. The maximum atomic E-state index is 12.6. The largest absolute Gasteiger partial charge is 0.351 e. The normalized spacial score (nSPS) is 11.1. The number of hydrogen-bond donors (Lipinski definition) is 1. The van der Waals surface area contributed by atoms with E-state index in [1.807, 2.05) is 24.6 Å². The van der Waals surface area contributed by atoms with Gasteiger partial charge in [-0.15, -0.1) is 0 Å². The Morgan fingerprint density at radius 2 is 2.19 bits per heavy atom. The van der Waals surface area contributed by atoms with Crippen LogP contribution in [0.3, 0.4) is 0 Å². The van der Waals surface area contributed by atoms with Gasteiger partial charge >= 0.3 is 6.55 Å². The third-order valence-electron chi connectivity index (χ3n) is 3.02. The van der Waals surface area contributed by atoms with Gasteiger partial charge in [-0.1, -0.05) is 0 Å². The highest BCUT2D eigenvalue weighted by atomic mass is 19.3. The fourth-order valence-corrected chi connectivity index (χ4v) is 2.07. The van der Waals surface area contributed by atoms with Gasteiger partial charge in [-0.2, -0.15) is 23.7 Å². The van der Waals surface area contributed by atoms with E-state index in [0.717, 1.165) is 11.4 Å². The number of aromatic nitrogens is 4. The van der Waals surface area contributed by atoms with E-state index in [2.05, 4.69) is 15.5 Å². The number of nitrogens with zero attached hydrogens (tertiary/aromatic N) is 4. The van der Waals surface area contributed by atoms with E-state index in [1.54, 1.807) is 0 Å². The topological polar surface area (TPSA) is 64.7 Å². The highest BCUT2D eigenvalue weighted by Crippen LogP contribution is 2.11. The number of nitrogens with one attached hydrogen (secondary N) is 1. The molecule has 8 heteroatoms. The molecular formula is C13H17F2N5O. The van der Waals surface area contributed by atoms with Crippen molar-refractivity contribution in [2.75, 3.05) is 6.54 Å². The summed E-state index contributed by atoms with van der Waals surface area (Å²) in [7, 11) is 0. The summed E-state index contributed by atoms with van der Waals surface area (Å²) in [6, 6.07) is 3.24. The molecular weight excluding hydrogens is 280 g/mol. The zero-order valence-electron chi connectivity index (χ0n) is 11.9. The van der Waals surface area contributed by atoms with Gasteiger partial charge in [0.2, 0.25) is 0 Å². The fourth-order valence-electron chi connectivity index (χ4n) is 2.07. The molecule has 1 amide bonds. The maximum absolute atomic E-state index is 12.6. The number of hydrogen-bond acceptors (Lipinski definition) is 3. The van der Waals surface area contributed by atoms with Crippen molar-refractivity contribution in [3.8, 4) is 0 Å². The minimum atomic E-state index is -2.82. The van der Waals surface area contributed by atoms with Gasteiger partial charge in [-0.05, 0) is 32.4 Å². The molecule has 0 spiro atoms. The van der Waals surface area contributed by atoms with Gasteiger partial charge in [-0.3, -0.25) is 9.48 Å². The third kappa shape index (κ3) is 3.65. The van der Waals surface area contributed by atoms with Crippen LogP contribution < -0.4 is 5.32 Å².